The highest BCUT2D eigenvalue weighted by Crippen LogP contribution is 2.44. The van der Waals surface area contributed by atoms with E-state index in [4.69, 9.17) is 9.15 Å². The van der Waals surface area contributed by atoms with Gasteiger partial charge in [0.1, 0.15) is 5.60 Å². The molecule has 2 aliphatic heterocycles. The molecule has 2 aliphatic rings. The highest BCUT2D eigenvalue weighted by Gasteiger charge is 2.48. The molecule has 9 heteroatoms. The lowest BCUT2D eigenvalue weighted by atomic mass is 9.84. The third-order valence-electron chi connectivity index (χ3n) is 5.86. The summed E-state index contributed by atoms with van der Waals surface area (Å²) >= 11 is 0. The number of sulfonamides is 1. The lowest BCUT2D eigenvalue weighted by molar-refractivity contribution is -0.0329. The van der Waals surface area contributed by atoms with E-state index in [0.717, 1.165) is 5.56 Å². The third kappa shape index (κ3) is 2.57. The first-order valence-corrected chi connectivity index (χ1v) is 10.7. The predicted octanol–water partition coefficient (Wildman–Crippen LogP) is 1.98. The molecule has 29 heavy (non-hydrogen) atoms. The Balaban J connectivity index is 1.44. The minimum atomic E-state index is -3.76. The summed E-state index contributed by atoms with van der Waals surface area (Å²) in [5.74, 6) is -0.903. The van der Waals surface area contributed by atoms with Crippen molar-refractivity contribution >= 4 is 27.1 Å². The number of carbonyl (C=O) groups is 1. The highest BCUT2D eigenvalue weighted by atomic mass is 32.2. The van der Waals surface area contributed by atoms with E-state index < -0.39 is 21.4 Å². The van der Waals surface area contributed by atoms with Crippen LogP contribution < -0.4 is 5.76 Å². The summed E-state index contributed by atoms with van der Waals surface area (Å²) in [4.78, 5) is 24.0. The van der Waals surface area contributed by atoms with Gasteiger partial charge in [0.25, 0.3) is 0 Å². The summed E-state index contributed by atoms with van der Waals surface area (Å²) in [7, 11) is -2.23. The number of esters is 1. The standard InChI is InChI=1S/C20H18N2O6S/c1-21-16-12-13(6-7-17(16)27-19(21)24)29(25,26)22-10-8-20(9-11-22)15-5-3-2-4-14(15)18(23)28-20/h2-7,12H,8-11H2,1H3. The van der Waals surface area contributed by atoms with Gasteiger partial charge in [-0.05, 0) is 24.3 Å². The number of hydrogen-bond donors (Lipinski definition) is 0. The maximum Gasteiger partial charge on any atom is 0.419 e. The second kappa shape index (κ2) is 6.04. The fourth-order valence-electron chi connectivity index (χ4n) is 4.22. The summed E-state index contributed by atoms with van der Waals surface area (Å²) in [6.07, 6.45) is 0.781. The van der Waals surface area contributed by atoms with E-state index in [0.29, 0.717) is 29.5 Å². The Morgan fingerprint density at radius 1 is 1.03 bits per heavy atom. The molecule has 0 N–H and O–H groups in total. The van der Waals surface area contributed by atoms with Crippen LogP contribution in [0.3, 0.4) is 0 Å². The molecule has 5 rings (SSSR count). The predicted molar refractivity (Wildman–Crippen MR) is 103 cm³/mol. The maximum atomic E-state index is 13.2. The van der Waals surface area contributed by atoms with Crippen LogP contribution in [-0.2, 0) is 27.4 Å². The average Bonchev–Trinajstić information content (AvgIpc) is 3.16. The fraction of sp³-hybridized carbons (Fsp3) is 0.300. The molecule has 1 fully saturated rings. The molecular formula is C20H18N2O6S. The molecule has 8 nitrogen and oxygen atoms in total. The van der Waals surface area contributed by atoms with Crippen molar-refractivity contribution in [3.63, 3.8) is 0 Å². The van der Waals surface area contributed by atoms with Crippen LogP contribution in [0.4, 0.5) is 0 Å². The average molecular weight is 414 g/mol. The van der Waals surface area contributed by atoms with E-state index in [1.165, 1.54) is 34.1 Å². The summed E-state index contributed by atoms with van der Waals surface area (Å²) in [5.41, 5.74) is 1.37. The fourth-order valence-corrected chi connectivity index (χ4v) is 5.68. The maximum absolute atomic E-state index is 13.2. The number of nitrogens with zero attached hydrogens (tertiary/aromatic N) is 2. The van der Waals surface area contributed by atoms with E-state index >= 15 is 0 Å². The van der Waals surface area contributed by atoms with E-state index in [2.05, 4.69) is 0 Å². The van der Waals surface area contributed by atoms with Gasteiger partial charge in [0, 0.05) is 38.5 Å². The number of hydrogen-bond acceptors (Lipinski definition) is 6. The zero-order chi connectivity index (χ0) is 20.4. The minimum Gasteiger partial charge on any atom is -0.450 e. The van der Waals surface area contributed by atoms with Crippen molar-refractivity contribution < 1.29 is 22.4 Å². The van der Waals surface area contributed by atoms with Gasteiger partial charge < -0.3 is 9.15 Å². The molecule has 2 aromatic carbocycles. The second-order valence-electron chi connectivity index (χ2n) is 7.39. The Hall–Kier alpha value is -2.91. The van der Waals surface area contributed by atoms with Gasteiger partial charge in [-0.3, -0.25) is 4.57 Å². The summed E-state index contributed by atoms with van der Waals surface area (Å²) in [6.45, 7) is 0.457. The summed E-state index contributed by atoms with van der Waals surface area (Å²) < 4.78 is 39.8. The molecule has 0 aliphatic carbocycles. The number of benzene rings is 2. The molecule has 150 valence electrons. The lowest BCUT2D eigenvalue weighted by Crippen LogP contribution is -2.45. The van der Waals surface area contributed by atoms with Gasteiger partial charge in [0.15, 0.2) is 5.58 Å². The molecule has 3 heterocycles. The summed E-state index contributed by atoms with van der Waals surface area (Å²) in [5, 5.41) is 0. The van der Waals surface area contributed by atoms with E-state index in [9.17, 15) is 18.0 Å². The zero-order valence-corrected chi connectivity index (χ0v) is 16.4. The normalized spacial score (nSPS) is 18.9. The summed E-state index contributed by atoms with van der Waals surface area (Å²) in [6, 6.07) is 11.6. The molecule has 0 unspecified atom stereocenters. The van der Waals surface area contributed by atoms with Gasteiger partial charge in [0.2, 0.25) is 10.0 Å². The van der Waals surface area contributed by atoms with Crippen molar-refractivity contribution in [2.45, 2.75) is 23.3 Å². The molecule has 0 radical (unpaired) electrons. The van der Waals surface area contributed by atoms with Crippen LogP contribution in [0.5, 0.6) is 0 Å². The monoisotopic (exact) mass is 414 g/mol. The number of rotatable bonds is 2. The molecule has 3 aromatic rings. The number of piperidine rings is 1. The first-order chi connectivity index (χ1) is 13.8. The van der Waals surface area contributed by atoms with Gasteiger partial charge in [-0.15, -0.1) is 0 Å². The number of ether oxygens (including phenoxy) is 1. The Bertz CT molecular complexity index is 1310. The molecular weight excluding hydrogens is 396 g/mol. The van der Waals surface area contributed by atoms with E-state index in [1.54, 1.807) is 12.1 Å². The Labute approximate surface area is 166 Å². The molecule has 0 atom stereocenters. The van der Waals surface area contributed by atoms with Gasteiger partial charge in [0.05, 0.1) is 16.0 Å². The first kappa shape index (κ1) is 18.1. The van der Waals surface area contributed by atoms with Gasteiger partial charge in [-0.1, -0.05) is 18.2 Å². The number of oxazole rings is 1. The topological polar surface area (TPSA) is 98.8 Å². The SMILES string of the molecule is Cn1c(=O)oc2ccc(S(=O)(=O)N3CCC4(CC3)OC(=O)c3ccccc34)cc21. The van der Waals surface area contributed by atoms with Crippen LogP contribution in [0.25, 0.3) is 11.1 Å². The Morgan fingerprint density at radius 2 is 1.76 bits per heavy atom. The molecule has 1 aromatic heterocycles. The van der Waals surface area contributed by atoms with Crippen molar-refractivity contribution in [1.29, 1.82) is 0 Å². The van der Waals surface area contributed by atoms with Crippen molar-refractivity contribution in [2.24, 2.45) is 7.05 Å². The third-order valence-corrected chi connectivity index (χ3v) is 7.75. The number of aryl methyl sites for hydroxylation is 1. The molecule has 0 bridgehead atoms. The molecule has 1 saturated heterocycles. The van der Waals surface area contributed by atoms with E-state index in [-0.39, 0.29) is 24.0 Å². The number of aromatic nitrogens is 1. The van der Waals surface area contributed by atoms with Crippen molar-refractivity contribution in [2.75, 3.05) is 13.1 Å². The van der Waals surface area contributed by atoms with Crippen LogP contribution in [0.1, 0.15) is 28.8 Å². The second-order valence-corrected chi connectivity index (χ2v) is 9.33. The van der Waals surface area contributed by atoms with Gasteiger partial charge in [-0.2, -0.15) is 4.31 Å². The highest BCUT2D eigenvalue weighted by molar-refractivity contribution is 7.89. The first-order valence-electron chi connectivity index (χ1n) is 9.24. The molecule has 1 spiro atoms. The molecule has 0 saturated carbocycles. The van der Waals surface area contributed by atoms with Gasteiger partial charge in [-0.25, -0.2) is 18.0 Å². The van der Waals surface area contributed by atoms with Crippen LogP contribution in [0, 0.1) is 0 Å². The quantitative estimate of drug-likeness (QED) is 0.595. The number of fused-ring (bicyclic) bond motifs is 3. The van der Waals surface area contributed by atoms with Crippen LogP contribution in [0.2, 0.25) is 0 Å². The molecule has 0 amide bonds. The van der Waals surface area contributed by atoms with Crippen LogP contribution in [-0.4, -0.2) is 36.3 Å². The van der Waals surface area contributed by atoms with Crippen LogP contribution in [0.15, 0.2) is 56.6 Å². The largest absolute Gasteiger partial charge is 0.450 e. The van der Waals surface area contributed by atoms with Crippen molar-refractivity contribution in [3.05, 3.63) is 64.1 Å². The smallest absolute Gasteiger partial charge is 0.419 e. The minimum absolute atomic E-state index is 0.0983. The van der Waals surface area contributed by atoms with E-state index in [1.807, 2.05) is 12.1 Å². The van der Waals surface area contributed by atoms with Crippen molar-refractivity contribution in [3.8, 4) is 0 Å². The Morgan fingerprint density at radius 3 is 2.52 bits per heavy atom. The lowest BCUT2D eigenvalue weighted by Gasteiger charge is -2.37. The van der Waals surface area contributed by atoms with Crippen LogP contribution >= 0.6 is 0 Å². The van der Waals surface area contributed by atoms with Gasteiger partial charge >= 0.3 is 11.7 Å². The van der Waals surface area contributed by atoms with Crippen molar-refractivity contribution in [1.82, 2.24) is 8.87 Å². The zero-order valence-electron chi connectivity index (χ0n) is 15.6. The Kier molecular flexibility index (Phi) is 3.78. The number of carbonyl (C=O) groups excluding carboxylic acids is 1.